The molecule has 0 aromatic carbocycles. The Morgan fingerprint density at radius 1 is 1.71 bits per heavy atom. The zero-order valence-electron chi connectivity index (χ0n) is 3.30. The van der Waals surface area contributed by atoms with Gasteiger partial charge in [-0.2, -0.15) is 0 Å². The molecule has 0 radical (unpaired) electrons. The second-order valence-corrected chi connectivity index (χ2v) is 0.808. The average Bonchev–Trinajstić information content (AvgIpc) is 1.65. The molecule has 0 aliphatic rings. The van der Waals surface area contributed by atoms with Crippen LogP contribution in [0.3, 0.4) is 0 Å². The fourth-order valence-electron chi connectivity index (χ4n) is 0.0481. The zero-order valence-corrected chi connectivity index (χ0v) is 4.46. The minimum atomic E-state index is -0.694. The van der Waals surface area contributed by atoms with E-state index in [1.165, 1.54) is 8.05 Å². The monoisotopic (exact) mass is 148 g/mol. The number of carbonyl (C=O) groups is 1. The first-order chi connectivity index (χ1) is 2.81. The average molecular weight is 148 g/mol. The summed E-state index contributed by atoms with van der Waals surface area (Å²) in [6.45, 7) is 0. The van der Waals surface area contributed by atoms with Crippen LogP contribution in [-0.4, -0.2) is 51.9 Å². The number of carbonyl (C=O) groups excluding carboxylic acids is 1. The number of hydrogen-bond donors (Lipinski definition) is 0. The summed E-state index contributed by atoms with van der Waals surface area (Å²) in [5.41, 5.74) is 0. The van der Waals surface area contributed by atoms with Crippen LogP contribution >= 0.6 is 9.47 Å². The van der Waals surface area contributed by atoms with Gasteiger partial charge in [0.25, 0.3) is 0 Å². The predicted octanol–water partition coefficient (Wildman–Crippen LogP) is -1.44. The first kappa shape index (κ1) is 10.9. The maximum atomic E-state index is 9.72. The number of rotatable bonds is 0. The molecule has 0 aromatic rings. The third kappa shape index (κ3) is 7.02. The molecule has 6 heteroatoms. The van der Waals surface area contributed by atoms with Crippen LogP contribution in [0.25, 0.3) is 0 Å². The standard InChI is InChI=1S/CH4BO3P.Ca.2H/c2-4-1(3)5-6;;;/h2,6H2;;;. The summed E-state index contributed by atoms with van der Waals surface area (Å²) >= 11 is 0. The van der Waals surface area contributed by atoms with Gasteiger partial charge in [-0.1, -0.05) is 0 Å². The Bertz CT molecular complexity index is 52.9. The van der Waals surface area contributed by atoms with Crippen molar-refractivity contribution in [1.29, 1.82) is 0 Å². The van der Waals surface area contributed by atoms with E-state index in [1.54, 1.807) is 9.47 Å². The van der Waals surface area contributed by atoms with Crippen LogP contribution in [-0.2, 0) is 9.18 Å². The van der Waals surface area contributed by atoms with Crippen molar-refractivity contribution < 1.29 is 14.0 Å². The maximum absolute atomic E-state index is 9.72. The molecule has 0 saturated heterocycles. The Labute approximate surface area is 74.8 Å². The van der Waals surface area contributed by atoms with Crippen molar-refractivity contribution in [3.63, 3.8) is 0 Å². The van der Waals surface area contributed by atoms with Gasteiger partial charge in [0.05, 0.1) is 9.47 Å². The molecule has 0 spiro atoms. The van der Waals surface area contributed by atoms with Crippen molar-refractivity contribution in [2.75, 3.05) is 0 Å². The van der Waals surface area contributed by atoms with E-state index in [4.69, 9.17) is 0 Å². The van der Waals surface area contributed by atoms with E-state index >= 15 is 0 Å². The van der Waals surface area contributed by atoms with Gasteiger partial charge in [0.15, 0.2) is 0 Å². The Hall–Kier alpha value is 1.02. The van der Waals surface area contributed by atoms with Gasteiger partial charge in [0.2, 0.25) is 0 Å². The summed E-state index contributed by atoms with van der Waals surface area (Å²) in [4.78, 5) is 9.72. The molecule has 0 saturated carbocycles. The molecule has 0 N–H and O–H groups in total. The molecule has 0 rings (SSSR count). The van der Waals surface area contributed by atoms with E-state index in [-0.39, 0.29) is 37.7 Å². The fraction of sp³-hybridized carbons (Fsp3) is 0. The van der Waals surface area contributed by atoms with E-state index in [0.29, 0.717) is 0 Å². The van der Waals surface area contributed by atoms with Gasteiger partial charge in [-0.15, -0.1) is 0 Å². The molecule has 1 unspecified atom stereocenters. The molecule has 0 fully saturated rings. The molecule has 3 nitrogen and oxygen atoms in total. The summed E-state index contributed by atoms with van der Waals surface area (Å²) < 4.78 is 7.97. The van der Waals surface area contributed by atoms with Gasteiger partial charge in [-0.25, -0.2) is 4.79 Å². The topological polar surface area (TPSA) is 35.5 Å². The Morgan fingerprint density at radius 3 is 2.14 bits per heavy atom. The normalized spacial score (nSPS) is 5.86. The van der Waals surface area contributed by atoms with Gasteiger partial charge >= 0.3 is 51.9 Å². The van der Waals surface area contributed by atoms with Crippen LogP contribution in [0.15, 0.2) is 0 Å². The minimum absolute atomic E-state index is 0. The van der Waals surface area contributed by atoms with Gasteiger partial charge in [-0.3, -0.25) is 0 Å². The van der Waals surface area contributed by atoms with Gasteiger partial charge in [0.1, 0.15) is 0 Å². The van der Waals surface area contributed by atoms with E-state index in [9.17, 15) is 4.79 Å². The molecular weight excluding hydrogens is 142 g/mol. The summed E-state index contributed by atoms with van der Waals surface area (Å²) in [7, 11) is 3.01. The Balaban J connectivity index is 0. The fourth-order valence-corrected chi connectivity index (χ4v) is 0.144. The molecule has 0 amide bonds. The molecule has 0 heterocycles. The van der Waals surface area contributed by atoms with Crippen LogP contribution < -0.4 is 0 Å². The second kappa shape index (κ2) is 7.02. The Morgan fingerprint density at radius 2 is 2.14 bits per heavy atom. The van der Waals surface area contributed by atoms with Gasteiger partial charge in [-0.05, 0) is 0 Å². The van der Waals surface area contributed by atoms with E-state index < -0.39 is 6.16 Å². The molecule has 1 atom stereocenters. The quantitative estimate of drug-likeness (QED) is 0.311. The molecule has 0 bridgehead atoms. The van der Waals surface area contributed by atoms with Crippen molar-refractivity contribution >= 4 is 61.4 Å². The number of hydrogen-bond acceptors (Lipinski definition) is 3. The van der Waals surface area contributed by atoms with E-state index in [1.807, 2.05) is 0 Å². The zero-order chi connectivity index (χ0) is 4.99. The SMILES string of the molecule is BOC(=O)OP.[CaH2]. The van der Waals surface area contributed by atoms with Crippen LogP contribution in [0, 0.1) is 0 Å². The molecule has 7 heavy (non-hydrogen) atoms. The second-order valence-electron chi connectivity index (χ2n) is 0.572. The van der Waals surface area contributed by atoms with Crippen LogP contribution in [0.1, 0.15) is 0 Å². The Kier molecular flexibility index (Phi) is 10.9. The van der Waals surface area contributed by atoms with E-state index in [0.717, 1.165) is 0 Å². The van der Waals surface area contributed by atoms with Crippen LogP contribution in [0.5, 0.6) is 0 Å². The molecular formula is CH6BCaO3P. The first-order valence-electron chi connectivity index (χ1n) is 1.26. The predicted molar refractivity (Wildman–Crippen MR) is 34.4 cm³/mol. The van der Waals surface area contributed by atoms with Crippen molar-refractivity contribution in [3.05, 3.63) is 0 Å². The van der Waals surface area contributed by atoms with Crippen molar-refractivity contribution in [2.45, 2.75) is 0 Å². The summed E-state index contributed by atoms with van der Waals surface area (Å²) in [5.74, 6) is 0. The van der Waals surface area contributed by atoms with Crippen LogP contribution in [0.4, 0.5) is 4.79 Å². The molecule has 38 valence electrons. The van der Waals surface area contributed by atoms with Crippen molar-refractivity contribution in [3.8, 4) is 0 Å². The third-order valence-electron chi connectivity index (χ3n) is 0.263. The van der Waals surface area contributed by atoms with E-state index in [2.05, 4.69) is 9.18 Å². The van der Waals surface area contributed by atoms with Gasteiger partial charge in [0, 0.05) is 0 Å². The molecule has 0 aliphatic carbocycles. The first-order valence-corrected chi connectivity index (χ1v) is 1.73. The van der Waals surface area contributed by atoms with Crippen LogP contribution in [0.2, 0.25) is 0 Å². The molecule has 0 aliphatic heterocycles. The van der Waals surface area contributed by atoms with Gasteiger partial charge < -0.3 is 9.18 Å². The van der Waals surface area contributed by atoms with Crippen molar-refractivity contribution in [1.82, 2.24) is 0 Å². The summed E-state index contributed by atoms with van der Waals surface area (Å²) in [5, 5.41) is 0. The summed E-state index contributed by atoms with van der Waals surface area (Å²) in [6, 6.07) is 0. The summed E-state index contributed by atoms with van der Waals surface area (Å²) in [6.07, 6.45) is -0.694. The van der Waals surface area contributed by atoms with Crippen molar-refractivity contribution in [2.24, 2.45) is 0 Å². The third-order valence-corrected chi connectivity index (χ3v) is 0.455. The molecule has 0 aromatic heterocycles.